The molecule has 76 valence electrons. The first-order valence-corrected chi connectivity index (χ1v) is 5.24. The molecule has 1 aromatic heterocycles. The minimum Gasteiger partial charge on any atom is -0.399 e. The van der Waals surface area contributed by atoms with E-state index in [9.17, 15) is 0 Å². The van der Waals surface area contributed by atoms with Crippen LogP contribution in [0.25, 0.3) is 5.69 Å². The van der Waals surface area contributed by atoms with Crippen molar-refractivity contribution in [3.05, 3.63) is 42.5 Å². The average Bonchev–Trinajstić information content (AvgIpc) is 2.96. The predicted octanol–water partition coefficient (Wildman–Crippen LogP) is 2.33. The molecule has 1 saturated carbocycles. The van der Waals surface area contributed by atoms with E-state index in [2.05, 4.69) is 15.6 Å². The summed E-state index contributed by atoms with van der Waals surface area (Å²) in [5.74, 6) is 1.82. The van der Waals surface area contributed by atoms with Crippen LogP contribution in [0.4, 0.5) is 5.69 Å². The molecule has 3 heteroatoms. The zero-order valence-electron chi connectivity index (χ0n) is 8.43. The second-order valence-corrected chi connectivity index (χ2v) is 4.02. The molecule has 1 aromatic carbocycles. The van der Waals surface area contributed by atoms with Crippen molar-refractivity contribution < 1.29 is 0 Å². The summed E-state index contributed by atoms with van der Waals surface area (Å²) in [5.41, 5.74) is 7.67. The summed E-state index contributed by atoms with van der Waals surface area (Å²) >= 11 is 0. The van der Waals surface area contributed by atoms with Gasteiger partial charge in [-0.15, -0.1) is 0 Å². The Morgan fingerprint density at radius 3 is 2.93 bits per heavy atom. The van der Waals surface area contributed by atoms with Crippen molar-refractivity contribution in [2.24, 2.45) is 0 Å². The number of aromatic nitrogens is 2. The third-order valence-corrected chi connectivity index (χ3v) is 2.76. The first-order chi connectivity index (χ1) is 7.34. The number of rotatable bonds is 2. The molecule has 2 aromatic rings. The van der Waals surface area contributed by atoms with Gasteiger partial charge in [-0.3, -0.25) is 0 Å². The maximum Gasteiger partial charge on any atom is 0.116 e. The summed E-state index contributed by atoms with van der Waals surface area (Å²) < 4.78 is 2.13. The molecule has 2 N–H and O–H groups in total. The third-order valence-electron chi connectivity index (χ3n) is 2.76. The summed E-state index contributed by atoms with van der Waals surface area (Å²) in [7, 11) is 0. The second-order valence-electron chi connectivity index (χ2n) is 4.02. The van der Waals surface area contributed by atoms with E-state index in [1.54, 1.807) is 0 Å². The molecular weight excluding hydrogens is 186 g/mol. The third kappa shape index (κ3) is 1.50. The normalized spacial score (nSPS) is 15.5. The Kier molecular flexibility index (Phi) is 1.78. The maximum absolute atomic E-state index is 5.77. The van der Waals surface area contributed by atoms with Gasteiger partial charge in [0, 0.05) is 29.7 Å². The second kappa shape index (κ2) is 3.12. The molecule has 0 unspecified atom stereocenters. The Bertz CT molecular complexity index is 483. The van der Waals surface area contributed by atoms with E-state index in [1.165, 1.54) is 18.7 Å². The molecule has 3 rings (SSSR count). The lowest BCUT2D eigenvalue weighted by Crippen LogP contribution is -1.99. The van der Waals surface area contributed by atoms with Crippen LogP contribution in [0.2, 0.25) is 0 Å². The summed E-state index contributed by atoms with van der Waals surface area (Å²) in [4.78, 5) is 4.41. The van der Waals surface area contributed by atoms with E-state index in [1.807, 2.05) is 30.6 Å². The highest BCUT2D eigenvalue weighted by molar-refractivity contribution is 5.48. The summed E-state index contributed by atoms with van der Waals surface area (Å²) in [6.07, 6.45) is 6.39. The van der Waals surface area contributed by atoms with Crippen molar-refractivity contribution in [1.29, 1.82) is 0 Å². The molecule has 0 bridgehead atoms. The number of nitrogens with zero attached hydrogens (tertiary/aromatic N) is 2. The smallest absolute Gasteiger partial charge is 0.116 e. The van der Waals surface area contributed by atoms with E-state index in [-0.39, 0.29) is 0 Å². The molecule has 1 heterocycles. The SMILES string of the molecule is Nc1cccc(-n2ccnc2C2CC2)c1. The lowest BCUT2D eigenvalue weighted by Gasteiger charge is -2.07. The molecule has 1 aliphatic carbocycles. The van der Waals surface area contributed by atoms with Crippen LogP contribution < -0.4 is 5.73 Å². The van der Waals surface area contributed by atoms with E-state index >= 15 is 0 Å². The number of nitrogens with two attached hydrogens (primary N) is 1. The largest absolute Gasteiger partial charge is 0.399 e. The molecule has 0 spiro atoms. The van der Waals surface area contributed by atoms with E-state index in [0.717, 1.165) is 11.4 Å². The van der Waals surface area contributed by atoms with Crippen molar-refractivity contribution in [2.75, 3.05) is 5.73 Å². The van der Waals surface area contributed by atoms with Gasteiger partial charge in [0.2, 0.25) is 0 Å². The average molecular weight is 199 g/mol. The summed E-state index contributed by atoms with van der Waals surface area (Å²) in [6, 6.07) is 7.91. The fourth-order valence-corrected chi connectivity index (χ4v) is 1.85. The van der Waals surface area contributed by atoms with E-state index in [0.29, 0.717) is 5.92 Å². The summed E-state index contributed by atoms with van der Waals surface area (Å²) in [6.45, 7) is 0. The van der Waals surface area contributed by atoms with Crippen LogP contribution in [0.3, 0.4) is 0 Å². The number of hydrogen-bond acceptors (Lipinski definition) is 2. The maximum atomic E-state index is 5.77. The van der Waals surface area contributed by atoms with Gasteiger partial charge < -0.3 is 10.3 Å². The van der Waals surface area contributed by atoms with Gasteiger partial charge >= 0.3 is 0 Å². The van der Waals surface area contributed by atoms with Crippen LogP contribution in [-0.4, -0.2) is 9.55 Å². The number of anilines is 1. The lowest BCUT2D eigenvalue weighted by molar-refractivity contribution is 0.880. The molecule has 0 radical (unpaired) electrons. The summed E-state index contributed by atoms with van der Waals surface area (Å²) in [5, 5.41) is 0. The molecule has 0 amide bonds. The topological polar surface area (TPSA) is 43.8 Å². The van der Waals surface area contributed by atoms with Gasteiger partial charge in [0.25, 0.3) is 0 Å². The van der Waals surface area contributed by atoms with Crippen molar-refractivity contribution in [2.45, 2.75) is 18.8 Å². The first-order valence-electron chi connectivity index (χ1n) is 5.24. The quantitative estimate of drug-likeness (QED) is 0.754. The van der Waals surface area contributed by atoms with E-state index in [4.69, 9.17) is 5.73 Å². The molecule has 15 heavy (non-hydrogen) atoms. The van der Waals surface area contributed by atoms with Gasteiger partial charge in [-0.05, 0) is 31.0 Å². The molecule has 3 nitrogen and oxygen atoms in total. The molecular formula is C12H13N3. The highest BCUT2D eigenvalue weighted by Crippen LogP contribution is 2.39. The highest BCUT2D eigenvalue weighted by Gasteiger charge is 2.28. The van der Waals surface area contributed by atoms with Crippen LogP contribution in [-0.2, 0) is 0 Å². The first kappa shape index (κ1) is 8.53. The Labute approximate surface area is 88.6 Å². The Morgan fingerprint density at radius 2 is 2.20 bits per heavy atom. The van der Waals surface area contributed by atoms with Gasteiger partial charge in [-0.1, -0.05) is 6.07 Å². The number of benzene rings is 1. The van der Waals surface area contributed by atoms with Crippen molar-refractivity contribution in [3.8, 4) is 5.69 Å². The number of imidazole rings is 1. The fraction of sp³-hybridized carbons (Fsp3) is 0.250. The molecule has 1 fully saturated rings. The van der Waals surface area contributed by atoms with Crippen molar-refractivity contribution in [1.82, 2.24) is 9.55 Å². The minimum absolute atomic E-state index is 0.654. The van der Waals surface area contributed by atoms with Crippen LogP contribution in [0.1, 0.15) is 24.6 Å². The van der Waals surface area contributed by atoms with Gasteiger partial charge in [-0.2, -0.15) is 0 Å². The molecule has 0 saturated heterocycles. The standard InChI is InChI=1S/C12H13N3/c13-10-2-1-3-11(8-10)15-7-6-14-12(15)9-4-5-9/h1-3,6-9H,4-5,13H2. The van der Waals surface area contributed by atoms with Crippen molar-refractivity contribution >= 4 is 5.69 Å². The Hall–Kier alpha value is -1.77. The highest BCUT2D eigenvalue weighted by atomic mass is 15.1. The van der Waals surface area contributed by atoms with Gasteiger partial charge in [-0.25, -0.2) is 4.98 Å². The fourth-order valence-electron chi connectivity index (χ4n) is 1.85. The van der Waals surface area contributed by atoms with Crippen LogP contribution in [0, 0.1) is 0 Å². The zero-order chi connectivity index (χ0) is 10.3. The van der Waals surface area contributed by atoms with E-state index < -0.39 is 0 Å². The van der Waals surface area contributed by atoms with Crippen LogP contribution >= 0.6 is 0 Å². The van der Waals surface area contributed by atoms with Crippen molar-refractivity contribution in [3.63, 3.8) is 0 Å². The minimum atomic E-state index is 0.654. The van der Waals surface area contributed by atoms with Gasteiger partial charge in [0.1, 0.15) is 5.82 Å². The predicted molar refractivity (Wildman–Crippen MR) is 60.0 cm³/mol. The Balaban J connectivity index is 2.07. The molecule has 0 aliphatic heterocycles. The van der Waals surface area contributed by atoms with Gasteiger partial charge in [0.15, 0.2) is 0 Å². The zero-order valence-corrected chi connectivity index (χ0v) is 8.43. The molecule has 0 atom stereocenters. The monoisotopic (exact) mass is 199 g/mol. The molecule has 1 aliphatic rings. The Morgan fingerprint density at radius 1 is 1.33 bits per heavy atom. The van der Waals surface area contributed by atoms with Crippen LogP contribution in [0.15, 0.2) is 36.7 Å². The van der Waals surface area contributed by atoms with Crippen LogP contribution in [0.5, 0.6) is 0 Å². The number of nitrogen functional groups attached to an aromatic ring is 1. The van der Waals surface area contributed by atoms with Gasteiger partial charge in [0.05, 0.1) is 0 Å². The lowest BCUT2D eigenvalue weighted by atomic mass is 10.2. The number of hydrogen-bond donors (Lipinski definition) is 1.